The van der Waals surface area contributed by atoms with E-state index in [0.717, 1.165) is 17.8 Å². The molecule has 3 rings (SSSR count). The molecule has 1 saturated carbocycles. The van der Waals surface area contributed by atoms with E-state index in [1.807, 2.05) is 0 Å². The Labute approximate surface area is 142 Å². The van der Waals surface area contributed by atoms with Crippen LogP contribution in [0.15, 0.2) is 42.5 Å². The van der Waals surface area contributed by atoms with Crippen molar-refractivity contribution in [3.8, 4) is 0 Å². The van der Waals surface area contributed by atoms with Crippen molar-refractivity contribution in [3.63, 3.8) is 0 Å². The number of carbonyl (C=O) groups is 2. The smallest absolute Gasteiger partial charge is 0.328 e. The van der Waals surface area contributed by atoms with Crippen molar-refractivity contribution >= 4 is 11.9 Å². The second kappa shape index (κ2) is 8.64. The number of benzene rings is 1. The second-order valence-corrected chi connectivity index (χ2v) is 6.60. The van der Waals surface area contributed by atoms with E-state index in [4.69, 9.17) is 10.2 Å². The summed E-state index contributed by atoms with van der Waals surface area (Å²) in [5.74, 6) is 0.190. The first-order valence-electron chi connectivity index (χ1n) is 8.34. The molecular weight excluding hydrogens is 306 g/mol. The highest BCUT2D eigenvalue weighted by Crippen LogP contribution is 2.44. The molecule has 1 aromatic carbocycles. The highest BCUT2D eigenvalue weighted by atomic mass is 16.4. The number of likely N-dealkylation sites (tertiary alicyclic amines) is 1. The van der Waals surface area contributed by atoms with Crippen LogP contribution in [0.2, 0.25) is 0 Å². The van der Waals surface area contributed by atoms with Crippen molar-refractivity contribution in [1.29, 1.82) is 0 Å². The molecule has 2 aliphatic rings. The summed E-state index contributed by atoms with van der Waals surface area (Å²) in [5, 5.41) is 15.6. The van der Waals surface area contributed by atoms with Crippen LogP contribution in [0.4, 0.5) is 0 Å². The molecule has 2 N–H and O–H groups in total. The van der Waals surface area contributed by atoms with Gasteiger partial charge in [0.2, 0.25) is 0 Å². The summed E-state index contributed by atoms with van der Waals surface area (Å²) in [6.45, 7) is 2.64. The van der Waals surface area contributed by atoms with Crippen LogP contribution in [0.1, 0.15) is 30.7 Å². The molecule has 0 amide bonds. The summed E-state index contributed by atoms with van der Waals surface area (Å²) >= 11 is 0. The quantitative estimate of drug-likeness (QED) is 0.833. The summed E-state index contributed by atoms with van der Waals surface area (Å²) in [7, 11) is 2.28. The first-order valence-corrected chi connectivity index (χ1v) is 8.34. The van der Waals surface area contributed by atoms with E-state index < -0.39 is 11.9 Å². The lowest BCUT2D eigenvalue weighted by molar-refractivity contribution is -0.134. The fourth-order valence-electron chi connectivity index (χ4n) is 3.95. The lowest BCUT2D eigenvalue weighted by Crippen LogP contribution is -2.25. The third kappa shape index (κ3) is 5.20. The molecular formula is C19H25NO4. The number of hydrogen-bond acceptors (Lipinski definition) is 3. The van der Waals surface area contributed by atoms with Crippen LogP contribution in [0.5, 0.6) is 0 Å². The maximum absolute atomic E-state index is 9.55. The number of nitrogens with zero attached hydrogens (tertiary/aromatic N) is 1. The van der Waals surface area contributed by atoms with Crippen molar-refractivity contribution < 1.29 is 19.8 Å². The van der Waals surface area contributed by atoms with Gasteiger partial charge in [0.05, 0.1) is 0 Å². The average Bonchev–Trinajstić information content (AvgIpc) is 2.94. The molecule has 1 saturated heterocycles. The Kier molecular flexibility index (Phi) is 6.55. The molecule has 3 atom stereocenters. The minimum atomic E-state index is -1.26. The molecule has 1 aliphatic heterocycles. The SMILES string of the molecule is CN1C[C@@H]2CCC[C@H](c3ccccc3)[C@@H]2C1.O=C(O)/C=C/C(=O)O. The van der Waals surface area contributed by atoms with E-state index in [2.05, 4.69) is 42.3 Å². The fraction of sp³-hybridized carbons (Fsp3) is 0.474. The summed E-state index contributed by atoms with van der Waals surface area (Å²) < 4.78 is 0. The third-order valence-electron chi connectivity index (χ3n) is 4.88. The number of hydrogen-bond donors (Lipinski definition) is 2. The van der Waals surface area contributed by atoms with Crippen molar-refractivity contribution in [2.24, 2.45) is 11.8 Å². The van der Waals surface area contributed by atoms with Crippen LogP contribution < -0.4 is 0 Å². The molecule has 0 aromatic heterocycles. The number of carboxylic acids is 2. The molecule has 0 bridgehead atoms. The van der Waals surface area contributed by atoms with Gasteiger partial charge in [0.1, 0.15) is 0 Å². The highest BCUT2D eigenvalue weighted by Gasteiger charge is 2.39. The molecule has 0 spiro atoms. The van der Waals surface area contributed by atoms with E-state index in [0.29, 0.717) is 12.2 Å². The first-order chi connectivity index (χ1) is 11.5. The van der Waals surface area contributed by atoms with Gasteiger partial charge in [-0.25, -0.2) is 9.59 Å². The molecule has 1 heterocycles. The maximum Gasteiger partial charge on any atom is 0.328 e. The predicted octanol–water partition coefficient (Wildman–Crippen LogP) is 2.84. The monoisotopic (exact) mass is 331 g/mol. The van der Waals surface area contributed by atoms with Crippen LogP contribution in [0.3, 0.4) is 0 Å². The molecule has 0 radical (unpaired) electrons. The van der Waals surface area contributed by atoms with Gasteiger partial charge in [-0.1, -0.05) is 36.8 Å². The normalized spacial score (nSPS) is 26.5. The standard InChI is InChI=1S/C15H21N.C4H4O4/c1-16-10-13-8-5-9-14(15(13)11-16)12-6-3-2-4-7-12;5-3(6)1-2-4(7)8/h2-4,6-7,13-15H,5,8-11H2,1H3;1-2H,(H,5,6)(H,7,8)/b;2-1+/t13-,14+,15+;/m0./s1. The van der Waals surface area contributed by atoms with E-state index in [9.17, 15) is 9.59 Å². The molecule has 1 aliphatic carbocycles. The lowest BCUT2D eigenvalue weighted by Gasteiger charge is -2.33. The van der Waals surface area contributed by atoms with Gasteiger partial charge in [-0.3, -0.25) is 0 Å². The van der Waals surface area contributed by atoms with Crippen LogP contribution in [-0.4, -0.2) is 47.2 Å². The molecule has 130 valence electrons. The van der Waals surface area contributed by atoms with Gasteiger partial charge < -0.3 is 15.1 Å². The van der Waals surface area contributed by atoms with Crippen molar-refractivity contribution in [3.05, 3.63) is 48.0 Å². The Morgan fingerprint density at radius 2 is 1.67 bits per heavy atom. The summed E-state index contributed by atoms with van der Waals surface area (Å²) in [5.41, 5.74) is 1.58. The number of fused-ring (bicyclic) bond motifs is 1. The fourth-order valence-corrected chi connectivity index (χ4v) is 3.95. The molecule has 5 nitrogen and oxygen atoms in total. The van der Waals surface area contributed by atoms with Crippen molar-refractivity contribution in [2.75, 3.05) is 20.1 Å². The molecule has 1 aromatic rings. The lowest BCUT2D eigenvalue weighted by atomic mass is 9.71. The number of rotatable bonds is 3. The number of aliphatic carboxylic acids is 2. The van der Waals surface area contributed by atoms with Crippen molar-refractivity contribution in [1.82, 2.24) is 4.90 Å². The Hall–Kier alpha value is -2.14. The van der Waals surface area contributed by atoms with E-state index >= 15 is 0 Å². The molecule has 2 fully saturated rings. The van der Waals surface area contributed by atoms with Crippen LogP contribution in [-0.2, 0) is 9.59 Å². The Morgan fingerprint density at radius 3 is 2.25 bits per heavy atom. The molecule has 24 heavy (non-hydrogen) atoms. The van der Waals surface area contributed by atoms with Gasteiger partial charge >= 0.3 is 11.9 Å². The first kappa shape index (κ1) is 18.2. The van der Waals surface area contributed by atoms with Gasteiger partial charge in [-0.05, 0) is 43.2 Å². The summed E-state index contributed by atoms with van der Waals surface area (Å²) in [4.78, 5) is 21.6. The Morgan fingerprint density at radius 1 is 1.04 bits per heavy atom. The molecule has 0 unspecified atom stereocenters. The zero-order chi connectivity index (χ0) is 17.5. The van der Waals surface area contributed by atoms with E-state index in [1.165, 1.54) is 32.4 Å². The van der Waals surface area contributed by atoms with Crippen molar-refractivity contribution in [2.45, 2.75) is 25.2 Å². The predicted molar refractivity (Wildman–Crippen MR) is 91.9 cm³/mol. The summed E-state index contributed by atoms with van der Waals surface area (Å²) in [6, 6.07) is 11.2. The summed E-state index contributed by atoms with van der Waals surface area (Å²) in [6.07, 6.45) is 5.40. The highest BCUT2D eigenvalue weighted by molar-refractivity contribution is 5.89. The van der Waals surface area contributed by atoms with E-state index in [-0.39, 0.29) is 0 Å². The average molecular weight is 331 g/mol. The Bertz CT molecular complexity index is 568. The zero-order valence-corrected chi connectivity index (χ0v) is 14.0. The number of carboxylic acid groups (broad SMARTS) is 2. The van der Waals surface area contributed by atoms with Gasteiger partial charge in [-0.2, -0.15) is 0 Å². The zero-order valence-electron chi connectivity index (χ0n) is 14.0. The second-order valence-electron chi connectivity index (χ2n) is 6.60. The minimum absolute atomic E-state index is 0.558. The molecule has 5 heteroatoms. The Balaban J connectivity index is 0.000000224. The van der Waals surface area contributed by atoms with E-state index in [1.54, 1.807) is 5.56 Å². The van der Waals surface area contributed by atoms with Gasteiger partial charge in [-0.15, -0.1) is 0 Å². The third-order valence-corrected chi connectivity index (χ3v) is 4.88. The topological polar surface area (TPSA) is 77.8 Å². The van der Waals surface area contributed by atoms with Crippen LogP contribution in [0, 0.1) is 11.8 Å². The van der Waals surface area contributed by atoms with Crippen LogP contribution >= 0.6 is 0 Å². The minimum Gasteiger partial charge on any atom is -0.478 e. The maximum atomic E-state index is 9.55. The van der Waals surface area contributed by atoms with Crippen LogP contribution in [0.25, 0.3) is 0 Å². The van der Waals surface area contributed by atoms with Gasteiger partial charge in [0.25, 0.3) is 0 Å². The van der Waals surface area contributed by atoms with Gasteiger partial charge in [0.15, 0.2) is 0 Å². The largest absolute Gasteiger partial charge is 0.478 e. The van der Waals surface area contributed by atoms with Gasteiger partial charge in [0, 0.05) is 25.2 Å².